The van der Waals surface area contributed by atoms with Crippen molar-refractivity contribution in [2.24, 2.45) is 0 Å². The quantitative estimate of drug-likeness (QED) is 0.306. The fraction of sp³-hybridized carbons (Fsp3) is 0.278. The molecular weight excluding hydrogens is 350 g/mol. The Balaban J connectivity index is 2.29. The zero-order chi connectivity index (χ0) is 16.7. The molecule has 2 aromatic carbocycles. The second kappa shape index (κ2) is 9.17. The van der Waals surface area contributed by atoms with Crippen molar-refractivity contribution in [1.82, 2.24) is 0 Å². The first-order chi connectivity index (χ1) is 11.1. The van der Waals surface area contributed by atoms with E-state index >= 15 is 0 Å². The smallest absolute Gasteiger partial charge is 0.173 e. The van der Waals surface area contributed by atoms with Gasteiger partial charge in [0.2, 0.25) is 0 Å². The molecule has 0 heterocycles. The Morgan fingerprint density at radius 3 is 2.22 bits per heavy atom. The summed E-state index contributed by atoms with van der Waals surface area (Å²) in [6.45, 7) is 0. The first-order valence-electron chi connectivity index (χ1n) is 7.47. The number of carbonyl (C=O) groups is 1. The van der Waals surface area contributed by atoms with Crippen LogP contribution in [0.1, 0.15) is 41.1 Å². The molecule has 1 unspecified atom stereocenters. The van der Waals surface area contributed by atoms with Crippen LogP contribution in [0.2, 0.25) is 10.0 Å². The van der Waals surface area contributed by atoms with E-state index in [4.69, 9.17) is 23.2 Å². The Labute approximate surface area is 148 Å². The molecule has 0 amide bonds. The van der Waals surface area contributed by atoms with Crippen LogP contribution in [-0.2, 0) is 4.57 Å². The predicted molar refractivity (Wildman–Crippen MR) is 96.3 cm³/mol. The largest absolute Gasteiger partial charge is 0.293 e. The summed E-state index contributed by atoms with van der Waals surface area (Å²) in [4.78, 5) is 13.0. The summed E-state index contributed by atoms with van der Waals surface area (Å²) in [7, 11) is 0.148. The molecule has 0 fully saturated rings. The number of hydrogen-bond donors (Lipinski definition) is 0. The van der Waals surface area contributed by atoms with E-state index in [-0.39, 0.29) is 20.2 Å². The zero-order valence-electron chi connectivity index (χ0n) is 12.5. The van der Waals surface area contributed by atoms with Crippen molar-refractivity contribution in [3.8, 4) is 0 Å². The van der Waals surface area contributed by atoms with Gasteiger partial charge in [-0.15, -0.1) is 0 Å². The van der Waals surface area contributed by atoms with Crippen LogP contribution in [0.3, 0.4) is 0 Å². The van der Waals surface area contributed by atoms with Gasteiger partial charge in [0.1, 0.15) is 0 Å². The van der Waals surface area contributed by atoms with Crippen molar-refractivity contribution in [2.45, 2.75) is 25.2 Å². The highest BCUT2D eigenvalue weighted by Crippen LogP contribution is 2.33. The maximum Gasteiger partial charge on any atom is 0.173 e. The van der Waals surface area contributed by atoms with Gasteiger partial charge in [0, 0.05) is 12.1 Å². The van der Waals surface area contributed by atoms with Crippen molar-refractivity contribution in [2.75, 3.05) is 6.16 Å². The van der Waals surface area contributed by atoms with E-state index in [9.17, 15) is 9.36 Å². The van der Waals surface area contributed by atoms with Crippen LogP contribution in [-0.4, -0.2) is 11.9 Å². The van der Waals surface area contributed by atoms with Gasteiger partial charge in [-0.1, -0.05) is 66.0 Å². The van der Waals surface area contributed by atoms with Crippen LogP contribution >= 0.6 is 31.7 Å². The second-order valence-electron chi connectivity index (χ2n) is 5.27. The maximum absolute atomic E-state index is 13.0. The molecule has 2 rings (SSSR count). The van der Waals surface area contributed by atoms with Crippen molar-refractivity contribution < 1.29 is 9.36 Å². The van der Waals surface area contributed by atoms with Gasteiger partial charge in [-0.2, -0.15) is 0 Å². The molecule has 0 aliphatic heterocycles. The molecule has 0 saturated carbocycles. The first kappa shape index (κ1) is 18.1. The second-order valence-corrected chi connectivity index (χ2v) is 6.79. The summed E-state index contributed by atoms with van der Waals surface area (Å²) in [6, 6.07) is 14.7. The summed E-state index contributed by atoms with van der Waals surface area (Å²) in [5.74, 6) is -0.358. The number of hydrogen-bond acceptors (Lipinski definition) is 2. The molecule has 2 nitrogen and oxygen atoms in total. The van der Waals surface area contributed by atoms with Crippen molar-refractivity contribution >= 4 is 37.4 Å². The predicted octanol–water partition coefficient (Wildman–Crippen LogP) is 6.42. The average Bonchev–Trinajstić information content (AvgIpc) is 2.55. The number of rotatable bonds is 8. The maximum atomic E-state index is 13.0. The van der Waals surface area contributed by atoms with Crippen LogP contribution in [0, 0.1) is 0 Å². The fourth-order valence-electron chi connectivity index (χ4n) is 2.57. The third kappa shape index (κ3) is 4.88. The summed E-state index contributed by atoms with van der Waals surface area (Å²) in [5, 5.41) is 0.753. The molecule has 0 aliphatic carbocycles. The van der Waals surface area contributed by atoms with Crippen molar-refractivity contribution in [3.05, 3.63) is 69.7 Å². The minimum Gasteiger partial charge on any atom is -0.293 e. The van der Waals surface area contributed by atoms with E-state index in [1.807, 2.05) is 30.3 Å². The van der Waals surface area contributed by atoms with Gasteiger partial charge in [0.05, 0.1) is 15.6 Å². The van der Waals surface area contributed by atoms with Gasteiger partial charge in [-0.25, -0.2) is 0 Å². The number of Topliss-reactive ketones (excluding diaryl/α,β-unsaturated/α-hetero) is 1. The Morgan fingerprint density at radius 2 is 1.61 bits per heavy atom. The molecule has 0 spiro atoms. The zero-order valence-corrected chi connectivity index (χ0v) is 15.0. The minimum atomic E-state index is -0.295. The first-order valence-corrected chi connectivity index (χ1v) is 9.22. The normalized spacial score (nSPS) is 12.3. The number of ketones is 1. The highest BCUT2D eigenvalue weighted by Gasteiger charge is 2.25. The van der Waals surface area contributed by atoms with E-state index in [1.165, 1.54) is 0 Å². The van der Waals surface area contributed by atoms with Gasteiger partial charge >= 0.3 is 0 Å². The van der Waals surface area contributed by atoms with Crippen LogP contribution in [0.5, 0.6) is 0 Å². The van der Waals surface area contributed by atoms with E-state index in [2.05, 4.69) is 0 Å². The molecule has 0 N–H and O–H groups in total. The monoisotopic (exact) mass is 366 g/mol. The molecule has 23 heavy (non-hydrogen) atoms. The number of halogens is 2. The lowest BCUT2D eigenvalue weighted by Gasteiger charge is -2.18. The summed E-state index contributed by atoms with van der Waals surface area (Å²) in [6.07, 6.45) is 2.93. The highest BCUT2D eigenvalue weighted by molar-refractivity contribution is 7.23. The molecule has 0 bridgehead atoms. The van der Waals surface area contributed by atoms with Crippen LogP contribution in [0.15, 0.2) is 48.5 Å². The summed E-state index contributed by atoms with van der Waals surface area (Å²) in [5.41, 5.74) is 1.33. The van der Waals surface area contributed by atoms with Gasteiger partial charge < -0.3 is 0 Å². The molecule has 120 valence electrons. The fourth-order valence-corrected chi connectivity index (χ4v) is 3.50. The van der Waals surface area contributed by atoms with Crippen LogP contribution < -0.4 is 0 Å². The average molecular weight is 367 g/mol. The lowest BCUT2D eigenvalue weighted by molar-refractivity contribution is 0.0954. The van der Waals surface area contributed by atoms with E-state index < -0.39 is 0 Å². The van der Waals surface area contributed by atoms with Crippen LogP contribution in [0.4, 0.5) is 0 Å². The van der Waals surface area contributed by atoms with E-state index in [0.29, 0.717) is 28.2 Å². The minimum absolute atomic E-state index is 0.0634. The van der Waals surface area contributed by atoms with E-state index in [0.717, 1.165) is 18.4 Å². The number of benzene rings is 2. The van der Waals surface area contributed by atoms with Gasteiger partial charge in [0.25, 0.3) is 0 Å². The van der Waals surface area contributed by atoms with Gasteiger partial charge in [0.15, 0.2) is 14.2 Å². The third-order valence-electron chi connectivity index (χ3n) is 3.72. The Hall–Kier alpha value is -1.21. The molecule has 5 heteroatoms. The Kier molecular flexibility index (Phi) is 7.23. The standard InChI is InChI=1S/C18H17Cl2O2P/c19-15-10-6-11-16(20)17(15)18(21)14(9-4-5-12-23-22)13-7-2-1-3-8-13/h1-3,6-8,10-11,14H,4-5,9,12H2. The molecule has 0 aliphatic rings. The molecule has 0 radical (unpaired) electrons. The summed E-state index contributed by atoms with van der Waals surface area (Å²) < 4.78 is 10.6. The molecule has 1 atom stereocenters. The summed E-state index contributed by atoms with van der Waals surface area (Å²) >= 11 is 12.4. The van der Waals surface area contributed by atoms with Crippen molar-refractivity contribution in [3.63, 3.8) is 0 Å². The third-order valence-corrected chi connectivity index (χ3v) is 4.85. The SMILES string of the molecule is O=PCCCCC(C(=O)c1c(Cl)cccc1Cl)c1ccccc1. The number of carbonyl (C=O) groups excluding carboxylic acids is 1. The lowest BCUT2D eigenvalue weighted by Crippen LogP contribution is -2.14. The Morgan fingerprint density at radius 1 is 0.957 bits per heavy atom. The molecule has 0 aromatic heterocycles. The highest BCUT2D eigenvalue weighted by atomic mass is 35.5. The number of unbranched alkanes of at least 4 members (excludes halogenated alkanes) is 1. The van der Waals surface area contributed by atoms with Crippen LogP contribution in [0.25, 0.3) is 0 Å². The van der Waals surface area contributed by atoms with Gasteiger partial charge in [-0.3, -0.25) is 9.36 Å². The van der Waals surface area contributed by atoms with Gasteiger partial charge in [-0.05, 0) is 30.5 Å². The van der Waals surface area contributed by atoms with E-state index in [1.54, 1.807) is 18.2 Å². The molecule has 0 saturated heterocycles. The molecule has 2 aromatic rings. The van der Waals surface area contributed by atoms with Crippen molar-refractivity contribution in [1.29, 1.82) is 0 Å². The lowest BCUT2D eigenvalue weighted by atomic mass is 9.86. The molecular formula is C18H17Cl2O2P. The topological polar surface area (TPSA) is 34.1 Å². The Bertz CT molecular complexity index is 654.